The number of aliphatic hydroxyl groups is 1. The number of nitrogens with one attached hydrogen (secondary N) is 2. The minimum atomic E-state index is -0.657. The van der Waals surface area contributed by atoms with Crippen LogP contribution in [0.3, 0.4) is 0 Å². The molecule has 30 heavy (non-hydrogen) atoms. The van der Waals surface area contributed by atoms with Gasteiger partial charge in [-0.25, -0.2) is 4.79 Å². The number of rotatable bonds is 5. The summed E-state index contributed by atoms with van der Waals surface area (Å²) in [4.78, 5) is 16.8. The predicted molar refractivity (Wildman–Crippen MR) is 110 cm³/mol. The zero-order valence-electron chi connectivity index (χ0n) is 18.0. The summed E-state index contributed by atoms with van der Waals surface area (Å²) < 4.78 is 17.9. The van der Waals surface area contributed by atoms with E-state index in [1.807, 2.05) is 32.9 Å². The van der Waals surface area contributed by atoms with E-state index in [2.05, 4.69) is 15.6 Å². The largest absolute Gasteiger partial charge is 0.483 e. The van der Waals surface area contributed by atoms with Crippen molar-refractivity contribution in [3.05, 3.63) is 24.0 Å². The lowest BCUT2D eigenvalue weighted by Crippen LogP contribution is -2.51. The predicted octanol–water partition coefficient (Wildman–Crippen LogP) is 1.93. The Morgan fingerprint density at radius 3 is 2.60 bits per heavy atom. The van der Waals surface area contributed by atoms with E-state index in [9.17, 15) is 9.90 Å². The van der Waals surface area contributed by atoms with Gasteiger partial charge < -0.3 is 30.0 Å². The van der Waals surface area contributed by atoms with Crippen LogP contribution >= 0.6 is 0 Å². The Morgan fingerprint density at radius 1 is 1.17 bits per heavy atom. The summed E-state index contributed by atoms with van der Waals surface area (Å²) in [5.74, 6) is 1.01. The number of hydrogen-bond acceptors (Lipinski definition) is 6. The van der Waals surface area contributed by atoms with Gasteiger partial charge in [-0.15, -0.1) is 0 Å². The van der Waals surface area contributed by atoms with Gasteiger partial charge in [-0.05, 0) is 64.5 Å². The van der Waals surface area contributed by atoms with E-state index in [-0.39, 0.29) is 42.3 Å². The van der Waals surface area contributed by atoms with Crippen LogP contribution in [-0.4, -0.2) is 65.3 Å². The van der Waals surface area contributed by atoms with E-state index in [4.69, 9.17) is 14.2 Å². The second-order valence-corrected chi connectivity index (χ2v) is 9.27. The standard InChI is InChI=1S/C22H33N3O5/c1-13-17(5-4-10-23-13)30-18-12-29-19-16(11-28-20(18)19)25-21(26)24-15-8-6-14(7-9-15)22(2,3)27/h4-5,10,14-16,18-20,27H,6-9,11-12H2,1-3H3,(H2,24,25,26)/t14?,15?,16-,18-,19+,20+/m0/s1. The minimum absolute atomic E-state index is 0.135. The molecule has 4 atom stereocenters. The molecule has 2 amide bonds. The number of aromatic nitrogens is 1. The smallest absolute Gasteiger partial charge is 0.315 e. The molecule has 0 spiro atoms. The molecule has 166 valence electrons. The van der Waals surface area contributed by atoms with Crippen molar-refractivity contribution in [2.45, 2.75) is 82.5 Å². The molecule has 0 radical (unpaired) electrons. The van der Waals surface area contributed by atoms with Crippen LogP contribution in [0.4, 0.5) is 4.79 Å². The summed E-state index contributed by atoms with van der Waals surface area (Å²) in [6.45, 7) is 6.46. The molecule has 1 aromatic heterocycles. The molecule has 4 rings (SSSR count). The number of carbonyl (C=O) groups excluding carboxylic acids is 1. The Kier molecular flexibility index (Phi) is 6.18. The van der Waals surface area contributed by atoms with Crippen molar-refractivity contribution < 1.29 is 24.1 Å². The summed E-state index contributed by atoms with van der Waals surface area (Å²) in [5.41, 5.74) is 0.170. The van der Waals surface area contributed by atoms with E-state index in [0.29, 0.717) is 13.2 Å². The number of ether oxygens (including phenoxy) is 3. The third-order valence-corrected chi connectivity index (χ3v) is 6.62. The number of pyridine rings is 1. The molecule has 0 unspecified atom stereocenters. The number of fused-ring (bicyclic) bond motifs is 1. The number of nitrogens with zero attached hydrogens (tertiary/aromatic N) is 1. The highest BCUT2D eigenvalue weighted by Gasteiger charge is 2.49. The molecule has 1 aromatic rings. The van der Waals surface area contributed by atoms with Gasteiger partial charge in [-0.1, -0.05) is 0 Å². The van der Waals surface area contributed by atoms with Gasteiger partial charge in [0.15, 0.2) is 6.10 Å². The van der Waals surface area contributed by atoms with E-state index in [0.717, 1.165) is 37.1 Å². The van der Waals surface area contributed by atoms with Crippen LogP contribution in [0.1, 0.15) is 45.2 Å². The number of aryl methyl sites for hydroxylation is 1. The zero-order chi connectivity index (χ0) is 21.3. The van der Waals surface area contributed by atoms with Crippen molar-refractivity contribution in [3.8, 4) is 5.75 Å². The lowest BCUT2D eigenvalue weighted by atomic mass is 9.77. The lowest BCUT2D eigenvalue weighted by molar-refractivity contribution is -0.00232. The molecule has 8 nitrogen and oxygen atoms in total. The molecule has 3 N–H and O–H groups in total. The zero-order valence-corrected chi connectivity index (χ0v) is 18.0. The Hall–Kier alpha value is -1.90. The molecule has 0 bridgehead atoms. The van der Waals surface area contributed by atoms with Gasteiger partial charge >= 0.3 is 6.03 Å². The quantitative estimate of drug-likeness (QED) is 0.674. The number of amides is 2. The van der Waals surface area contributed by atoms with E-state index in [1.54, 1.807) is 6.20 Å². The summed E-state index contributed by atoms with van der Waals surface area (Å²) in [6, 6.07) is 3.48. The second-order valence-electron chi connectivity index (χ2n) is 9.27. The Balaban J connectivity index is 1.25. The lowest BCUT2D eigenvalue weighted by Gasteiger charge is -2.36. The van der Waals surface area contributed by atoms with Crippen LogP contribution < -0.4 is 15.4 Å². The number of carbonyl (C=O) groups is 1. The summed E-state index contributed by atoms with van der Waals surface area (Å²) in [7, 11) is 0. The summed E-state index contributed by atoms with van der Waals surface area (Å²) in [5, 5.41) is 16.3. The van der Waals surface area contributed by atoms with Gasteiger partial charge in [-0.3, -0.25) is 4.98 Å². The molecule has 8 heteroatoms. The Bertz CT molecular complexity index is 745. The SMILES string of the molecule is Cc1ncccc1O[C@H]1CO[C@H]2[C@@H]1OC[C@@H]2NC(=O)NC1CCC(C(C)(C)O)CC1. The molecule has 3 aliphatic rings. The fraction of sp³-hybridized carbons (Fsp3) is 0.727. The highest BCUT2D eigenvalue weighted by Crippen LogP contribution is 2.33. The highest BCUT2D eigenvalue weighted by atomic mass is 16.6. The van der Waals surface area contributed by atoms with Gasteiger partial charge in [0, 0.05) is 12.2 Å². The molecule has 3 fully saturated rings. The third-order valence-electron chi connectivity index (χ3n) is 6.62. The first-order valence-corrected chi connectivity index (χ1v) is 10.9. The summed E-state index contributed by atoms with van der Waals surface area (Å²) >= 11 is 0. The Labute approximate surface area is 177 Å². The van der Waals surface area contributed by atoms with Crippen LogP contribution in [0.25, 0.3) is 0 Å². The van der Waals surface area contributed by atoms with E-state index < -0.39 is 5.60 Å². The Morgan fingerprint density at radius 2 is 1.90 bits per heavy atom. The van der Waals surface area contributed by atoms with Gasteiger partial charge in [0.2, 0.25) is 0 Å². The summed E-state index contributed by atoms with van der Waals surface area (Å²) in [6.07, 6.45) is 4.69. The minimum Gasteiger partial charge on any atom is -0.483 e. The second kappa shape index (κ2) is 8.69. The fourth-order valence-corrected chi connectivity index (χ4v) is 4.79. The third kappa shape index (κ3) is 4.71. The molecular formula is C22H33N3O5. The molecule has 2 saturated heterocycles. The number of hydrogen-bond donors (Lipinski definition) is 3. The first-order chi connectivity index (χ1) is 14.3. The van der Waals surface area contributed by atoms with Crippen molar-refractivity contribution in [3.63, 3.8) is 0 Å². The van der Waals surface area contributed by atoms with E-state index in [1.165, 1.54) is 0 Å². The van der Waals surface area contributed by atoms with Crippen molar-refractivity contribution in [1.29, 1.82) is 0 Å². The average molecular weight is 420 g/mol. The van der Waals surface area contributed by atoms with Crippen molar-refractivity contribution in [2.24, 2.45) is 5.92 Å². The molecular weight excluding hydrogens is 386 g/mol. The van der Waals surface area contributed by atoms with Crippen molar-refractivity contribution in [1.82, 2.24) is 15.6 Å². The molecule has 0 aromatic carbocycles. The van der Waals surface area contributed by atoms with Crippen LogP contribution in [0.5, 0.6) is 5.75 Å². The maximum Gasteiger partial charge on any atom is 0.315 e. The van der Waals surface area contributed by atoms with Gasteiger partial charge in [0.05, 0.1) is 30.6 Å². The normalized spacial score (nSPS) is 33.7. The molecule has 1 saturated carbocycles. The van der Waals surface area contributed by atoms with Crippen LogP contribution in [0.15, 0.2) is 18.3 Å². The first-order valence-electron chi connectivity index (χ1n) is 10.9. The van der Waals surface area contributed by atoms with Crippen LogP contribution in [-0.2, 0) is 9.47 Å². The average Bonchev–Trinajstić information content (AvgIpc) is 3.27. The molecule has 2 aliphatic heterocycles. The maximum absolute atomic E-state index is 12.5. The van der Waals surface area contributed by atoms with Crippen LogP contribution in [0, 0.1) is 12.8 Å². The highest BCUT2D eigenvalue weighted by molar-refractivity contribution is 5.74. The first kappa shape index (κ1) is 21.3. The van der Waals surface area contributed by atoms with Crippen LogP contribution in [0.2, 0.25) is 0 Å². The van der Waals surface area contributed by atoms with Crippen molar-refractivity contribution in [2.75, 3.05) is 13.2 Å². The number of urea groups is 1. The van der Waals surface area contributed by atoms with Gasteiger partial charge in [-0.2, -0.15) is 0 Å². The maximum atomic E-state index is 12.5. The van der Waals surface area contributed by atoms with Crippen molar-refractivity contribution >= 4 is 6.03 Å². The van der Waals surface area contributed by atoms with Gasteiger partial charge in [0.1, 0.15) is 18.0 Å². The monoisotopic (exact) mass is 419 g/mol. The molecule has 1 aliphatic carbocycles. The molecule has 3 heterocycles. The fourth-order valence-electron chi connectivity index (χ4n) is 4.79. The topological polar surface area (TPSA) is 102 Å². The van der Waals surface area contributed by atoms with E-state index >= 15 is 0 Å². The van der Waals surface area contributed by atoms with Gasteiger partial charge in [0.25, 0.3) is 0 Å².